The van der Waals surface area contributed by atoms with Gasteiger partial charge >= 0.3 is 0 Å². The summed E-state index contributed by atoms with van der Waals surface area (Å²) in [6.07, 6.45) is 3.43. The zero-order valence-corrected chi connectivity index (χ0v) is 14.5. The highest BCUT2D eigenvalue weighted by Gasteiger charge is 2.35. The monoisotopic (exact) mass is 345 g/mol. The van der Waals surface area contributed by atoms with Crippen LogP contribution in [0, 0.1) is 0 Å². The topological polar surface area (TPSA) is 66.7 Å². The second-order valence-corrected chi connectivity index (χ2v) is 6.74. The van der Waals surface area contributed by atoms with Gasteiger partial charge in [-0.1, -0.05) is 11.8 Å². The molecule has 2 amide bonds. The van der Waals surface area contributed by atoms with Gasteiger partial charge in [-0.05, 0) is 31.2 Å². The van der Waals surface area contributed by atoms with E-state index >= 15 is 0 Å². The lowest BCUT2D eigenvalue weighted by Crippen LogP contribution is -2.43. The number of pyridine rings is 1. The Hall–Kier alpha value is -2.28. The highest BCUT2D eigenvalue weighted by molar-refractivity contribution is 8.00. The molecule has 0 fully saturated rings. The summed E-state index contributed by atoms with van der Waals surface area (Å²) < 4.78 is 5.26. The molecule has 24 heavy (non-hydrogen) atoms. The Morgan fingerprint density at radius 3 is 2.96 bits per heavy atom. The summed E-state index contributed by atoms with van der Waals surface area (Å²) in [7, 11) is 1.71. The van der Waals surface area contributed by atoms with Crippen LogP contribution in [-0.2, 0) is 16.1 Å². The number of carbonyl (C=O) groups is 2. The van der Waals surface area contributed by atoms with Crippen LogP contribution in [0.1, 0.15) is 19.1 Å². The van der Waals surface area contributed by atoms with E-state index < -0.39 is 5.25 Å². The fourth-order valence-electron chi connectivity index (χ4n) is 2.65. The number of nitrogens with zero attached hydrogens (tertiary/aromatic N) is 3. The van der Waals surface area contributed by atoms with Crippen molar-refractivity contribution in [3.8, 4) is 0 Å². The Bertz CT molecular complexity index is 732. The van der Waals surface area contributed by atoms with Gasteiger partial charge in [0.25, 0.3) is 0 Å². The van der Waals surface area contributed by atoms with Gasteiger partial charge < -0.3 is 14.2 Å². The first-order chi connectivity index (χ1) is 11.6. The number of aromatic nitrogens is 1. The molecule has 1 aliphatic rings. The summed E-state index contributed by atoms with van der Waals surface area (Å²) in [5.74, 6) is 0.589. The molecular formula is C17H19N3O3S. The molecule has 3 rings (SSSR count). The van der Waals surface area contributed by atoms with Crippen molar-refractivity contribution in [3.63, 3.8) is 0 Å². The van der Waals surface area contributed by atoms with Gasteiger partial charge in [-0.25, -0.2) is 4.98 Å². The Kier molecular flexibility index (Phi) is 4.89. The number of rotatable bonds is 5. The van der Waals surface area contributed by atoms with Crippen LogP contribution in [0.2, 0.25) is 0 Å². The minimum atomic E-state index is -0.445. The molecule has 1 atom stereocenters. The first-order valence-corrected chi connectivity index (χ1v) is 8.67. The van der Waals surface area contributed by atoms with Crippen LogP contribution in [0.25, 0.3) is 0 Å². The SMILES string of the molecule is CCN1C(=O)C(CC(=O)N(C)Cc2ccco2)Sc2ncccc21. The zero-order chi connectivity index (χ0) is 17.1. The molecule has 1 unspecified atom stereocenters. The zero-order valence-electron chi connectivity index (χ0n) is 13.6. The summed E-state index contributed by atoms with van der Waals surface area (Å²) in [6, 6.07) is 7.31. The maximum absolute atomic E-state index is 12.7. The lowest BCUT2D eigenvalue weighted by molar-refractivity contribution is -0.132. The van der Waals surface area contributed by atoms with Crippen LogP contribution in [0.3, 0.4) is 0 Å². The molecule has 0 aliphatic carbocycles. The number of hydrogen-bond donors (Lipinski definition) is 0. The third-order valence-corrected chi connectivity index (χ3v) is 5.10. The minimum Gasteiger partial charge on any atom is -0.467 e. The van der Waals surface area contributed by atoms with E-state index in [9.17, 15) is 9.59 Å². The van der Waals surface area contributed by atoms with Gasteiger partial charge in [0.05, 0.1) is 23.7 Å². The van der Waals surface area contributed by atoms with Gasteiger partial charge in [-0.15, -0.1) is 0 Å². The van der Waals surface area contributed by atoms with E-state index in [-0.39, 0.29) is 18.2 Å². The first kappa shape index (κ1) is 16.6. The molecule has 0 aromatic carbocycles. The normalized spacial score (nSPS) is 16.8. The van der Waals surface area contributed by atoms with Gasteiger partial charge in [0.2, 0.25) is 11.8 Å². The third-order valence-electron chi connectivity index (χ3n) is 3.91. The highest BCUT2D eigenvalue weighted by Crippen LogP contribution is 2.38. The molecule has 1 aliphatic heterocycles. The second-order valence-electron chi connectivity index (χ2n) is 5.55. The quantitative estimate of drug-likeness (QED) is 0.833. The lowest BCUT2D eigenvalue weighted by atomic mass is 10.2. The summed E-state index contributed by atoms with van der Waals surface area (Å²) in [4.78, 5) is 32.8. The van der Waals surface area contributed by atoms with Crippen LogP contribution in [0.15, 0.2) is 46.2 Å². The minimum absolute atomic E-state index is 0.0391. The van der Waals surface area contributed by atoms with Crippen molar-refractivity contribution in [2.45, 2.75) is 30.2 Å². The Labute approximate surface area is 144 Å². The molecular weight excluding hydrogens is 326 g/mol. The van der Waals surface area contributed by atoms with Gasteiger partial charge in [0.1, 0.15) is 10.8 Å². The largest absolute Gasteiger partial charge is 0.467 e. The van der Waals surface area contributed by atoms with E-state index in [0.29, 0.717) is 13.1 Å². The maximum atomic E-state index is 12.7. The summed E-state index contributed by atoms with van der Waals surface area (Å²) in [5.41, 5.74) is 0.822. The van der Waals surface area contributed by atoms with Crippen LogP contribution in [0.5, 0.6) is 0 Å². The smallest absolute Gasteiger partial charge is 0.241 e. The third kappa shape index (κ3) is 3.31. The molecule has 0 N–H and O–H groups in total. The molecule has 0 radical (unpaired) electrons. The van der Waals surface area contributed by atoms with Crippen molar-refractivity contribution < 1.29 is 14.0 Å². The molecule has 2 aromatic heterocycles. The van der Waals surface area contributed by atoms with Crippen molar-refractivity contribution >= 4 is 29.3 Å². The van der Waals surface area contributed by atoms with E-state index in [2.05, 4.69) is 4.98 Å². The molecule has 126 valence electrons. The number of furan rings is 1. The van der Waals surface area contributed by atoms with Crippen molar-refractivity contribution in [2.75, 3.05) is 18.5 Å². The molecule has 7 heteroatoms. The molecule has 0 bridgehead atoms. The van der Waals surface area contributed by atoms with Crippen molar-refractivity contribution in [1.82, 2.24) is 9.88 Å². The predicted octanol–water partition coefficient (Wildman–Crippen LogP) is 2.55. The molecule has 3 heterocycles. The van der Waals surface area contributed by atoms with E-state index in [1.165, 1.54) is 11.8 Å². The number of fused-ring (bicyclic) bond motifs is 1. The lowest BCUT2D eigenvalue weighted by Gasteiger charge is -2.32. The molecule has 6 nitrogen and oxygen atoms in total. The van der Waals surface area contributed by atoms with Crippen molar-refractivity contribution in [1.29, 1.82) is 0 Å². The van der Waals surface area contributed by atoms with E-state index in [0.717, 1.165) is 16.5 Å². The Balaban J connectivity index is 1.71. The van der Waals surface area contributed by atoms with Gasteiger partial charge in [0, 0.05) is 26.2 Å². The van der Waals surface area contributed by atoms with Crippen molar-refractivity contribution in [2.24, 2.45) is 0 Å². The molecule has 0 spiro atoms. The summed E-state index contributed by atoms with van der Waals surface area (Å²) in [6.45, 7) is 2.88. The van der Waals surface area contributed by atoms with Crippen LogP contribution in [0.4, 0.5) is 5.69 Å². The number of amides is 2. The second kappa shape index (κ2) is 7.09. The molecule has 0 saturated carbocycles. The molecule has 0 saturated heterocycles. The molecule has 2 aromatic rings. The number of carbonyl (C=O) groups excluding carboxylic acids is 2. The van der Waals surface area contributed by atoms with Crippen molar-refractivity contribution in [3.05, 3.63) is 42.5 Å². The Morgan fingerprint density at radius 1 is 1.42 bits per heavy atom. The highest BCUT2D eigenvalue weighted by atomic mass is 32.2. The van der Waals surface area contributed by atoms with Crippen LogP contribution < -0.4 is 4.90 Å². The fourth-order valence-corrected chi connectivity index (χ4v) is 3.79. The fraction of sp³-hybridized carbons (Fsp3) is 0.353. The average Bonchev–Trinajstić information content (AvgIpc) is 3.08. The summed E-state index contributed by atoms with van der Waals surface area (Å²) >= 11 is 1.36. The Morgan fingerprint density at radius 2 is 2.25 bits per heavy atom. The van der Waals surface area contributed by atoms with E-state index in [1.807, 2.05) is 25.1 Å². The maximum Gasteiger partial charge on any atom is 0.241 e. The average molecular weight is 345 g/mol. The predicted molar refractivity (Wildman–Crippen MR) is 91.7 cm³/mol. The number of thioether (sulfide) groups is 1. The number of anilines is 1. The first-order valence-electron chi connectivity index (χ1n) is 7.79. The van der Waals surface area contributed by atoms with Gasteiger partial charge in [-0.2, -0.15) is 0 Å². The van der Waals surface area contributed by atoms with Gasteiger partial charge in [-0.3, -0.25) is 9.59 Å². The van der Waals surface area contributed by atoms with Gasteiger partial charge in [0.15, 0.2) is 0 Å². The number of hydrogen-bond acceptors (Lipinski definition) is 5. The van der Waals surface area contributed by atoms with Crippen LogP contribution >= 0.6 is 11.8 Å². The van der Waals surface area contributed by atoms with Crippen LogP contribution in [-0.4, -0.2) is 40.5 Å². The summed E-state index contributed by atoms with van der Waals surface area (Å²) in [5, 5.41) is 0.351. The standard InChI is InChI=1S/C17H19N3O3S/c1-3-20-13-7-4-8-18-16(13)24-14(17(20)22)10-15(21)19(2)11-12-6-5-9-23-12/h4-9,14H,3,10-11H2,1-2H3. The van der Waals surface area contributed by atoms with E-state index in [1.54, 1.807) is 35.4 Å². The van der Waals surface area contributed by atoms with E-state index in [4.69, 9.17) is 4.42 Å².